The topological polar surface area (TPSA) is 58.6 Å². The summed E-state index contributed by atoms with van der Waals surface area (Å²) >= 11 is 5.94. The smallest absolute Gasteiger partial charge is 0.263 e. The van der Waals surface area contributed by atoms with Gasteiger partial charge in [-0.2, -0.15) is 0 Å². The van der Waals surface area contributed by atoms with Gasteiger partial charge >= 0.3 is 0 Å². The average molecular weight is 345 g/mol. The number of anilines is 1. The van der Waals surface area contributed by atoms with Crippen molar-refractivity contribution in [2.45, 2.75) is 19.6 Å². The van der Waals surface area contributed by atoms with Crippen molar-refractivity contribution < 1.29 is 14.3 Å². The molecule has 6 heteroatoms. The van der Waals surface area contributed by atoms with E-state index in [1.165, 1.54) is 6.92 Å². The first-order valence-corrected chi connectivity index (χ1v) is 7.98. The van der Waals surface area contributed by atoms with Crippen LogP contribution < -0.4 is 15.0 Å². The van der Waals surface area contributed by atoms with Crippen LogP contribution in [0.4, 0.5) is 5.69 Å². The molecule has 0 saturated heterocycles. The molecule has 2 amide bonds. The highest BCUT2D eigenvalue weighted by molar-refractivity contribution is 6.30. The van der Waals surface area contributed by atoms with Gasteiger partial charge in [0, 0.05) is 18.5 Å². The number of amides is 2. The number of nitrogens with one attached hydrogen (secondary N) is 1. The van der Waals surface area contributed by atoms with Gasteiger partial charge in [-0.25, -0.2) is 0 Å². The van der Waals surface area contributed by atoms with Crippen LogP contribution in [0.25, 0.3) is 0 Å². The van der Waals surface area contributed by atoms with Gasteiger partial charge in [0.05, 0.1) is 12.2 Å². The second kappa shape index (κ2) is 6.93. The number of rotatable bonds is 3. The molecule has 0 saturated carbocycles. The summed E-state index contributed by atoms with van der Waals surface area (Å²) in [6.45, 7) is 2.01. The zero-order chi connectivity index (χ0) is 17.1. The van der Waals surface area contributed by atoms with E-state index in [-0.39, 0.29) is 18.4 Å². The summed E-state index contributed by atoms with van der Waals surface area (Å²) in [7, 11) is 0. The van der Waals surface area contributed by atoms with E-state index in [9.17, 15) is 9.59 Å². The Morgan fingerprint density at radius 3 is 2.79 bits per heavy atom. The van der Waals surface area contributed by atoms with Gasteiger partial charge in [0.2, 0.25) is 5.91 Å². The molecular weight excluding hydrogens is 328 g/mol. The number of hydrogen-bond donors (Lipinski definition) is 1. The molecule has 0 radical (unpaired) electrons. The maximum atomic E-state index is 12.4. The summed E-state index contributed by atoms with van der Waals surface area (Å²) in [6, 6.07) is 14.5. The molecule has 3 rings (SSSR count). The summed E-state index contributed by atoms with van der Waals surface area (Å²) in [5, 5.41) is 3.44. The Morgan fingerprint density at radius 2 is 2.04 bits per heavy atom. The van der Waals surface area contributed by atoms with Crippen LogP contribution in [-0.2, 0) is 16.1 Å². The second-order valence-corrected chi connectivity index (χ2v) is 5.99. The van der Waals surface area contributed by atoms with Crippen LogP contribution in [0, 0.1) is 0 Å². The van der Waals surface area contributed by atoms with E-state index < -0.39 is 6.10 Å². The van der Waals surface area contributed by atoms with Gasteiger partial charge in [-0.15, -0.1) is 0 Å². The Kier molecular flexibility index (Phi) is 4.71. The fourth-order valence-corrected chi connectivity index (χ4v) is 2.83. The average Bonchev–Trinajstić information content (AvgIpc) is 2.58. The van der Waals surface area contributed by atoms with Crippen molar-refractivity contribution in [1.29, 1.82) is 0 Å². The lowest BCUT2D eigenvalue weighted by molar-refractivity contribution is -0.128. The van der Waals surface area contributed by atoms with Crippen LogP contribution in [0.2, 0.25) is 5.02 Å². The minimum atomic E-state index is -0.747. The van der Waals surface area contributed by atoms with Crippen molar-refractivity contribution in [3.63, 3.8) is 0 Å². The van der Waals surface area contributed by atoms with Gasteiger partial charge < -0.3 is 15.0 Å². The Labute approximate surface area is 145 Å². The lowest BCUT2D eigenvalue weighted by Crippen LogP contribution is -2.50. The third kappa shape index (κ3) is 3.51. The van der Waals surface area contributed by atoms with E-state index in [0.717, 1.165) is 5.56 Å². The van der Waals surface area contributed by atoms with E-state index in [1.54, 1.807) is 29.2 Å². The highest BCUT2D eigenvalue weighted by Gasteiger charge is 2.32. The molecule has 5 nitrogen and oxygen atoms in total. The van der Waals surface area contributed by atoms with Gasteiger partial charge in [0.25, 0.3) is 5.91 Å². The fraction of sp³-hybridized carbons (Fsp3) is 0.222. The van der Waals surface area contributed by atoms with Crippen molar-refractivity contribution in [2.75, 3.05) is 11.4 Å². The SMILES string of the molecule is CC(=O)N1C[C@H](C(=O)NCc2cccc(Cl)c2)Oc2ccccc21. The van der Waals surface area contributed by atoms with Crippen LogP contribution in [-0.4, -0.2) is 24.5 Å². The predicted octanol–water partition coefficient (Wildman–Crippen LogP) is 2.77. The molecule has 1 atom stereocenters. The van der Waals surface area contributed by atoms with Crippen molar-refractivity contribution in [3.05, 3.63) is 59.1 Å². The van der Waals surface area contributed by atoms with E-state index in [4.69, 9.17) is 16.3 Å². The summed E-state index contributed by atoms with van der Waals surface area (Å²) in [4.78, 5) is 25.9. The normalized spacial score (nSPS) is 16.1. The van der Waals surface area contributed by atoms with E-state index in [1.807, 2.05) is 24.3 Å². The molecule has 0 aromatic heterocycles. The van der Waals surface area contributed by atoms with E-state index in [0.29, 0.717) is 23.0 Å². The van der Waals surface area contributed by atoms with Gasteiger partial charge in [0.1, 0.15) is 5.75 Å². The van der Waals surface area contributed by atoms with Crippen LogP contribution >= 0.6 is 11.6 Å². The highest BCUT2D eigenvalue weighted by atomic mass is 35.5. The number of para-hydroxylation sites is 2. The van der Waals surface area contributed by atoms with E-state index >= 15 is 0 Å². The van der Waals surface area contributed by atoms with Gasteiger partial charge in [-0.05, 0) is 29.8 Å². The standard InChI is InChI=1S/C18H17ClN2O3/c1-12(22)21-11-17(24-16-8-3-2-7-15(16)21)18(23)20-10-13-5-4-6-14(19)9-13/h2-9,17H,10-11H2,1H3,(H,20,23)/t17-/m1/s1. The molecule has 1 aliphatic heterocycles. The number of fused-ring (bicyclic) bond motifs is 1. The molecular formula is C18H17ClN2O3. The van der Waals surface area contributed by atoms with Crippen LogP contribution in [0.5, 0.6) is 5.75 Å². The number of hydrogen-bond acceptors (Lipinski definition) is 3. The van der Waals surface area contributed by atoms with Crippen molar-refractivity contribution in [1.82, 2.24) is 5.32 Å². The number of carbonyl (C=O) groups excluding carboxylic acids is 2. The first kappa shape index (κ1) is 16.3. The summed E-state index contributed by atoms with van der Waals surface area (Å²) < 4.78 is 5.75. The van der Waals surface area contributed by atoms with Crippen molar-refractivity contribution in [3.8, 4) is 5.75 Å². The number of halogens is 1. The Hall–Kier alpha value is -2.53. The molecule has 0 aliphatic carbocycles. The molecule has 1 N–H and O–H groups in total. The molecule has 0 bridgehead atoms. The predicted molar refractivity (Wildman–Crippen MR) is 92.2 cm³/mol. The van der Waals surface area contributed by atoms with Gasteiger partial charge in [-0.1, -0.05) is 35.9 Å². The Balaban J connectivity index is 1.71. The molecule has 24 heavy (non-hydrogen) atoms. The van der Waals surface area contributed by atoms with Crippen LogP contribution in [0.3, 0.4) is 0 Å². The zero-order valence-electron chi connectivity index (χ0n) is 13.2. The number of nitrogens with zero attached hydrogens (tertiary/aromatic N) is 1. The zero-order valence-corrected chi connectivity index (χ0v) is 13.9. The number of ether oxygens (including phenoxy) is 1. The maximum Gasteiger partial charge on any atom is 0.263 e. The summed E-state index contributed by atoms with van der Waals surface area (Å²) in [5.74, 6) is 0.135. The molecule has 1 aliphatic rings. The molecule has 1 heterocycles. The molecule has 2 aromatic carbocycles. The Morgan fingerprint density at radius 1 is 1.25 bits per heavy atom. The third-order valence-electron chi connectivity index (χ3n) is 3.80. The quantitative estimate of drug-likeness (QED) is 0.931. The molecule has 0 spiro atoms. The lowest BCUT2D eigenvalue weighted by atomic mass is 10.1. The van der Waals surface area contributed by atoms with Crippen molar-refractivity contribution in [2.24, 2.45) is 0 Å². The number of carbonyl (C=O) groups is 2. The van der Waals surface area contributed by atoms with Gasteiger partial charge in [-0.3, -0.25) is 9.59 Å². The first-order chi connectivity index (χ1) is 11.5. The molecule has 0 unspecified atom stereocenters. The molecule has 124 valence electrons. The monoisotopic (exact) mass is 344 g/mol. The van der Waals surface area contributed by atoms with Crippen LogP contribution in [0.15, 0.2) is 48.5 Å². The second-order valence-electron chi connectivity index (χ2n) is 5.55. The molecule has 2 aromatic rings. The minimum absolute atomic E-state index is 0.126. The van der Waals surface area contributed by atoms with Crippen LogP contribution in [0.1, 0.15) is 12.5 Å². The Bertz CT molecular complexity index is 778. The minimum Gasteiger partial charge on any atom is -0.477 e. The molecule has 0 fully saturated rings. The summed E-state index contributed by atoms with van der Waals surface area (Å²) in [5.41, 5.74) is 1.58. The highest BCUT2D eigenvalue weighted by Crippen LogP contribution is 2.33. The van der Waals surface area contributed by atoms with Crippen molar-refractivity contribution >= 4 is 29.1 Å². The fourth-order valence-electron chi connectivity index (χ4n) is 2.62. The summed E-state index contributed by atoms with van der Waals surface area (Å²) in [6.07, 6.45) is -0.747. The third-order valence-corrected chi connectivity index (χ3v) is 4.04. The maximum absolute atomic E-state index is 12.4. The van der Waals surface area contributed by atoms with Gasteiger partial charge in [0.15, 0.2) is 6.10 Å². The first-order valence-electron chi connectivity index (χ1n) is 7.60. The number of benzene rings is 2. The largest absolute Gasteiger partial charge is 0.477 e. The van der Waals surface area contributed by atoms with E-state index in [2.05, 4.69) is 5.32 Å². The lowest BCUT2D eigenvalue weighted by Gasteiger charge is -2.33.